The van der Waals surface area contributed by atoms with Gasteiger partial charge in [-0.3, -0.25) is 9.36 Å². The van der Waals surface area contributed by atoms with Gasteiger partial charge in [0.15, 0.2) is 6.10 Å². The van der Waals surface area contributed by atoms with E-state index >= 15 is 4.39 Å². The van der Waals surface area contributed by atoms with Crippen molar-refractivity contribution in [3.8, 4) is 11.4 Å². The number of aryl methyl sites for hydroxylation is 1. The highest BCUT2D eigenvalue weighted by Gasteiger charge is 2.39. The normalized spacial score (nSPS) is 15.1. The highest BCUT2D eigenvalue weighted by Crippen LogP contribution is 2.32. The predicted molar refractivity (Wildman–Crippen MR) is 120 cm³/mol. The molecular formula is C24H22F6N4O3. The summed E-state index contributed by atoms with van der Waals surface area (Å²) in [7, 11) is 0. The number of nitrogens with zero attached hydrogens (tertiary/aromatic N) is 3. The van der Waals surface area contributed by atoms with E-state index in [1.807, 2.05) is 5.32 Å². The van der Waals surface area contributed by atoms with Crippen molar-refractivity contribution in [2.24, 2.45) is 0 Å². The molecule has 0 spiro atoms. The zero-order chi connectivity index (χ0) is 27.1. The molecule has 1 aliphatic carbocycles. The third-order valence-corrected chi connectivity index (χ3v) is 6.16. The number of hydrogen-bond acceptors (Lipinski definition) is 4. The largest absolute Gasteiger partial charge is 0.480 e. The van der Waals surface area contributed by atoms with Crippen molar-refractivity contribution < 1.29 is 35.9 Å². The van der Waals surface area contributed by atoms with Crippen LogP contribution in [0.5, 0.6) is 5.75 Å². The zero-order valence-electron chi connectivity index (χ0n) is 19.7. The van der Waals surface area contributed by atoms with Crippen LogP contribution >= 0.6 is 0 Å². The monoisotopic (exact) mass is 528 g/mol. The van der Waals surface area contributed by atoms with Crippen molar-refractivity contribution in [2.75, 3.05) is 5.32 Å². The summed E-state index contributed by atoms with van der Waals surface area (Å²) in [6, 6.07) is 3.85. The second-order valence-corrected chi connectivity index (χ2v) is 8.70. The number of anilines is 1. The molecule has 7 nitrogen and oxygen atoms in total. The summed E-state index contributed by atoms with van der Waals surface area (Å²) >= 11 is 0. The molecule has 0 bridgehead atoms. The van der Waals surface area contributed by atoms with E-state index in [1.165, 1.54) is 4.57 Å². The fourth-order valence-electron chi connectivity index (χ4n) is 4.25. The van der Waals surface area contributed by atoms with Gasteiger partial charge in [-0.25, -0.2) is 18.0 Å². The SMILES string of the molecule is Cc1nn(-c2cc(O[C@@H](C)C(F)(F)F)c(C(=O)Nc3c(F)cccc3F)cc2F)c(=O)n1C1CCCC1. The minimum Gasteiger partial charge on any atom is -0.480 e. The van der Waals surface area contributed by atoms with E-state index in [2.05, 4.69) is 5.10 Å². The maximum absolute atomic E-state index is 15.2. The number of carbonyl (C=O) groups excluding carboxylic acids is 1. The molecule has 3 aromatic rings. The van der Waals surface area contributed by atoms with Gasteiger partial charge >= 0.3 is 11.9 Å². The Morgan fingerprint density at radius 2 is 1.73 bits per heavy atom. The van der Waals surface area contributed by atoms with Gasteiger partial charge in [-0.15, -0.1) is 0 Å². The lowest BCUT2D eigenvalue weighted by atomic mass is 10.1. The zero-order valence-corrected chi connectivity index (χ0v) is 19.7. The number of aromatic nitrogens is 3. The fourth-order valence-corrected chi connectivity index (χ4v) is 4.25. The van der Waals surface area contributed by atoms with E-state index in [0.29, 0.717) is 17.7 Å². The average molecular weight is 528 g/mol. The van der Waals surface area contributed by atoms with Crippen LogP contribution in [0.1, 0.15) is 54.8 Å². The van der Waals surface area contributed by atoms with Gasteiger partial charge < -0.3 is 10.1 Å². The third kappa shape index (κ3) is 5.20. The van der Waals surface area contributed by atoms with Crippen molar-refractivity contribution in [3.63, 3.8) is 0 Å². The number of carbonyl (C=O) groups is 1. The standard InChI is InChI=1S/C24H22F6N4O3/c1-12(24(28,29)30)37-20-11-19(34-23(36)33(13(2)32-34)14-6-3-4-7-14)18(27)10-15(20)22(35)31-21-16(25)8-5-9-17(21)26/h5,8-12,14H,3-4,6-7H2,1-2H3,(H,31,35)/t12-/m0/s1. The Hall–Kier alpha value is -3.77. The van der Waals surface area contributed by atoms with Crippen LogP contribution in [0.15, 0.2) is 35.1 Å². The molecule has 1 aromatic heterocycles. The molecule has 0 saturated heterocycles. The minimum atomic E-state index is -4.86. The summed E-state index contributed by atoms with van der Waals surface area (Å²) in [6.45, 7) is 2.20. The summed E-state index contributed by atoms with van der Waals surface area (Å²) in [5, 5.41) is 5.96. The average Bonchev–Trinajstić information content (AvgIpc) is 3.44. The first-order chi connectivity index (χ1) is 17.4. The van der Waals surface area contributed by atoms with Crippen molar-refractivity contribution in [1.29, 1.82) is 0 Å². The Kier molecular flexibility index (Phi) is 7.07. The molecule has 0 radical (unpaired) electrons. The van der Waals surface area contributed by atoms with E-state index in [4.69, 9.17) is 4.74 Å². The minimum absolute atomic E-state index is 0.147. The molecule has 1 heterocycles. The quantitative estimate of drug-likeness (QED) is 0.432. The van der Waals surface area contributed by atoms with Crippen molar-refractivity contribution in [3.05, 3.63) is 69.7 Å². The third-order valence-electron chi connectivity index (χ3n) is 6.16. The van der Waals surface area contributed by atoms with Gasteiger partial charge in [0, 0.05) is 12.1 Å². The van der Waals surface area contributed by atoms with Gasteiger partial charge in [0.05, 0.1) is 5.56 Å². The van der Waals surface area contributed by atoms with Gasteiger partial charge in [-0.2, -0.15) is 23.0 Å². The van der Waals surface area contributed by atoms with Crippen LogP contribution in [0.4, 0.5) is 32.0 Å². The van der Waals surface area contributed by atoms with Gasteiger partial charge in [0.2, 0.25) is 0 Å². The highest BCUT2D eigenvalue weighted by molar-refractivity contribution is 6.06. The molecule has 37 heavy (non-hydrogen) atoms. The van der Waals surface area contributed by atoms with E-state index in [9.17, 15) is 31.5 Å². The number of hydrogen-bond donors (Lipinski definition) is 1. The number of nitrogens with one attached hydrogen (secondary N) is 1. The summed E-state index contributed by atoms with van der Waals surface area (Å²) in [5.74, 6) is -5.33. The molecule has 198 valence electrons. The first-order valence-corrected chi connectivity index (χ1v) is 11.4. The molecule has 13 heteroatoms. The number of alkyl halides is 3. The Bertz CT molecular complexity index is 1370. The van der Waals surface area contributed by atoms with Gasteiger partial charge in [0.25, 0.3) is 5.91 Å². The lowest BCUT2D eigenvalue weighted by Gasteiger charge is -2.20. The van der Waals surface area contributed by atoms with Gasteiger partial charge in [0.1, 0.15) is 40.4 Å². The molecule has 0 aliphatic heterocycles. The van der Waals surface area contributed by atoms with Crippen LogP contribution in [0, 0.1) is 24.4 Å². The van der Waals surface area contributed by atoms with Crippen LogP contribution in [-0.4, -0.2) is 32.5 Å². The van der Waals surface area contributed by atoms with E-state index < -0.39 is 64.0 Å². The smallest absolute Gasteiger partial charge is 0.425 e. The number of benzene rings is 2. The molecule has 1 amide bonds. The van der Waals surface area contributed by atoms with Crippen molar-refractivity contribution >= 4 is 11.6 Å². The van der Waals surface area contributed by atoms with Crippen molar-refractivity contribution in [1.82, 2.24) is 14.3 Å². The summed E-state index contributed by atoms with van der Waals surface area (Å²) in [5.41, 5.74) is -2.92. The highest BCUT2D eigenvalue weighted by atomic mass is 19.4. The van der Waals surface area contributed by atoms with Crippen LogP contribution in [0.25, 0.3) is 5.69 Å². The van der Waals surface area contributed by atoms with E-state index in [0.717, 1.165) is 49.9 Å². The molecule has 4 rings (SSSR count). The maximum atomic E-state index is 15.2. The summed E-state index contributed by atoms with van der Waals surface area (Å²) in [4.78, 5) is 25.9. The van der Waals surface area contributed by atoms with Crippen LogP contribution in [0.2, 0.25) is 0 Å². The van der Waals surface area contributed by atoms with Gasteiger partial charge in [-0.1, -0.05) is 18.9 Å². The molecule has 2 aromatic carbocycles. The predicted octanol–water partition coefficient (Wildman–Crippen LogP) is 5.46. The number of rotatable bonds is 6. The van der Waals surface area contributed by atoms with E-state index in [1.54, 1.807) is 6.92 Å². The maximum Gasteiger partial charge on any atom is 0.425 e. The Labute approximate surface area is 206 Å². The fraction of sp³-hybridized carbons (Fsp3) is 0.375. The summed E-state index contributed by atoms with van der Waals surface area (Å²) < 4.78 is 90.0. The second kappa shape index (κ2) is 9.94. The van der Waals surface area contributed by atoms with Crippen LogP contribution < -0.4 is 15.7 Å². The van der Waals surface area contributed by atoms with Crippen LogP contribution in [0.3, 0.4) is 0 Å². The molecule has 1 aliphatic rings. The molecule has 1 fully saturated rings. The topological polar surface area (TPSA) is 78.2 Å². The molecule has 1 N–H and O–H groups in total. The Morgan fingerprint density at radius 3 is 2.32 bits per heavy atom. The number of amides is 1. The number of para-hydroxylation sites is 1. The van der Waals surface area contributed by atoms with E-state index in [-0.39, 0.29) is 11.9 Å². The molecule has 1 saturated carbocycles. The number of ether oxygens (including phenoxy) is 1. The molecular weight excluding hydrogens is 506 g/mol. The van der Waals surface area contributed by atoms with Crippen molar-refractivity contribution in [2.45, 2.75) is 57.9 Å². The summed E-state index contributed by atoms with van der Waals surface area (Å²) in [6.07, 6.45) is -4.07. The van der Waals surface area contributed by atoms with Crippen LogP contribution in [-0.2, 0) is 0 Å². The van der Waals surface area contributed by atoms with Gasteiger partial charge in [-0.05, 0) is 44.9 Å². The Morgan fingerprint density at radius 1 is 1.11 bits per heavy atom. The first-order valence-electron chi connectivity index (χ1n) is 11.4. The lowest BCUT2D eigenvalue weighted by molar-refractivity contribution is -0.189. The Balaban J connectivity index is 1.80. The first kappa shape index (κ1) is 26.3. The molecule has 0 unspecified atom stereocenters. The number of halogens is 6. The second-order valence-electron chi connectivity index (χ2n) is 8.70. The lowest BCUT2D eigenvalue weighted by Crippen LogP contribution is -2.32. The molecule has 1 atom stereocenters.